The molecule has 0 spiro atoms. The van der Waals surface area contributed by atoms with Crippen LogP contribution in [0.1, 0.15) is 58.3 Å². The number of fused-ring (bicyclic) bond motifs is 1. The van der Waals surface area contributed by atoms with Crippen LogP contribution in [0.3, 0.4) is 0 Å². The van der Waals surface area contributed by atoms with Gasteiger partial charge >= 0.3 is 0 Å². The molecule has 2 aromatic rings. The molecule has 33 heavy (non-hydrogen) atoms. The molecule has 1 aromatic heterocycles. The van der Waals surface area contributed by atoms with Crippen molar-refractivity contribution in [3.05, 3.63) is 41.2 Å². The Bertz CT molecular complexity index is 1070. The van der Waals surface area contributed by atoms with Gasteiger partial charge in [0.15, 0.2) is 5.82 Å². The summed E-state index contributed by atoms with van der Waals surface area (Å²) < 4.78 is 37.0. The number of nitrogens with zero attached hydrogens (tertiary/aromatic N) is 3. The van der Waals surface area contributed by atoms with Gasteiger partial charge in [-0.2, -0.15) is 0 Å². The predicted molar refractivity (Wildman–Crippen MR) is 128 cm³/mol. The van der Waals surface area contributed by atoms with E-state index in [1.165, 1.54) is 11.6 Å². The molecule has 2 saturated heterocycles. The molecule has 3 atom stereocenters. The zero-order valence-corrected chi connectivity index (χ0v) is 19.4. The van der Waals surface area contributed by atoms with Crippen LogP contribution in [-0.2, 0) is 4.74 Å². The minimum Gasteiger partial charge on any atom is -0.381 e. The lowest BCUT2D eigenvalue weighted by molar-refractivity contribution is 0.0545. The number of halogens is 1. The number of likely N-dealkylation sites (tertiary alicyclic amines) is 1. The van der Waals surface area contributed by atoms with E-state index in [1.54, 1.807) is 12.1 Å². The first-order chi connectivity index (χ1) is 16.9. The monoisotopic (exact) mass is 452 g/mol. The summed E-state index contributed by atoms with van der Waals surface area (Å²) in [5.41, 5.74) is 3.74. The highest BCUT2D eigenvalue weighted by Crippen LogP contribution is 2.45. The minimum atomic E-state index is -1.24. The fourth-order valence-electron chi connectivity index (χ4n) is 6.03. The summed E-state index contributed by atoms with van der Waals surface area (Å²) >= 11 is 0. The maximum atomic E-state index is 13.9. The molecule has 6 heteroatoms. The van der Waals surface area contributed by atoms with E-state index in [2.05, 4.69) is 26.5 Å². The second-order valence-electron chi connectivity index (χ2n) is 10.5. The molecule has 5 nitrogen and oxygen atoms in total. The Kier molecular flexibility index (Phi) is 5.23. The van der Waals surface area contributed by atoms with Crippen LogP contribution < -0.4 is 5.32 Å². The van der Waals surface area contributed by atoms with Crippen LogP contribution in [0.15, 0.2) is 24.3 Å². The van der Waals surface area contributed by atoms with Crippen molar-refractivity contribution in [1.82, 2.24) is 15.1 Å². The summed E-state index contributed by atoms with van der Waals surface area (Å²) in [6.07, 6.45) is 6.04. The number of hydrogen-bond acceptors (Lipinski definition) is 5. The average molecular weight is 453 g/mol. The van der Waals surface area contributed by atoms with E-state index in [1.807, 2.05) is 6.92 Å². The van der Waals surface area contributed by atoms with E-state index < -0.39 is 6.50 Å². The molecule has 1 N–H and O–H groups in total. The normalized spacial score (nSPS) is 29.6. The van der Waals surface area contributed by atoms with Gasteiger partial charge in [-0.15, -0.1) is 10.2 Å². The second-order valence-corrected chi connectivity index (χ2v) is 10.5. The first-order valence-corrected chi connectivity index (χ1v) is 12.6. The Labute approximate surface area is 198 Å². The lowest BCUT2D eigenvalue weighted by Gasteiger charge is -2.28. The third kappa shape index (κ3) is 4.65. The molecule has 0 bridgehead atoms. The molecule has 4 fully saturated rings. The Morgan fingerprint density at radius 1 is 1.09 bits per heavy atom. The third-order valence-electron chi connectivity index (χ3n) is 7.99. The SMILES string of the molecule is [2H]C([2H])(C1CCOCC1)N1C[C@H]2CC(Nc3nnc(-c4cc(F)ccc4C)cc3C3CC3)C[C@H]2C1. The van der Waals surface area contributed by atoms with Gasteiger partial charge in [-0.3, -0.25) is 0 Å². The van der Waals surface area contributed by atoms with E-state index in [4.69, 9.17) is 7.48 Å². The van der Waals surface area contributed by atoms with Gasteiger partial charge in [-0.1, -0.05) is 6.07 Å². The number of hydrogen-bond donors (Lipinski definition) is 1. The Hall–Kier alpha value is -2.05. The highest BCUT2D eigenvalue weighted by molar-refractivity contribution is 5.66. The Morgan fingerprint density at radius 3 is 2.58 bits per heavy atom. The zero-order chi connectivity index (χ0) is 24.2. The maximum absolute atomic E-state index is 13.9. The number of aryl methyl sites for hydroxylation is 1. The van der Waals surface area contributed by atoms with Gasteiger partial charge in [0.1, 0.15) is 5.82 Å². The number of benzene rings is 1. The molecule has 2 aliphatic carbocycles. The van der Waals surface area contributed by atoms with Crippen LogP contribution in [0.4, 0.5) is 10.2 Å². The predicted octanol–water partition coefficient (Wildman–Crippen LogP) is 5.02. The van der Waals surface area contributed by atoms with E-state index in [-0.39, 0.29) is 11.7 Å². The van der Waals surface area contributed by atoms with Gasteiger partial charge < -0.3 is 15.0 Å². The van der Waals surface area contributed by atoms with Crippen LogP contribution in [0, 0.1) is 30.5 Å². The largest absolute Gasteiger partial charge is 0.381 e. The molecule has 2 aliphatic heterocycles. The molecule has 0 radical (unpaired) electrons. The topological polar surface area (TPSA) is 50.3 Å². The van der Waals surface area contributed by atoms with Crippen LogP contribution in [0.25, 0.3) is 11.3 Å². The van der Waals surface area contributed by atoms with Crippen molar-refractivity contribution in [2.24, 2.45) is 17.8 Å². The first-order valence-electron chi connectivity index (χ1n) is 13.6. The zero-order valence-electron chi connectivity index (χ0n) is 21.4. The number of nitrogens with one attached hydrogen (secondary N) is 1. The number of anilines is 1. The molecule has 4 aliphatic rings. The van der Waals surface area contributed by atoms with E-state index in [9.17, 15) is 4.39 Å². The van der Waals surface area contributed by atoms with E-state index in [0.29, 0.717) is 37.0 Å². The van der Waals surface area contributed by atoms with Gasteiger partial charge in [0.25, 0.3) is 0 Å². The molecule has 1 aromatic carbocycles. The fourth-order valence-corrected chi connectivity index (χ4v) is 6.03. The molecular weight excluding hydrogens is 415 g/mol. The van der Waals surface area contributed by atoms with Crippen LogP contribution in [0.2, 0.25) is 0 Å². The highest BCUT2D eigenvalue weighted by atomic mass is 19.1. The molecule has 6 rings (SSSR count). The van der Waals surface area contributed by atoms with Gasteiger partial charge in [-0.25, -0.2) is 4.39 Å². The minimum absolute atomic E-state index is 0.0700. The average Bonchev–Trinajstić information content (AvgIpc) is 3.52. The van der Waals surface area contributed by atoms with E-state index >= 15 is 0 Å². The molecule has 176 valence electrons. The summed E-state index contributed by atoms with van der Waals surface area (Å²) in [4.78, 5) is 2.11. The standard InChI is InChI=1S/C27H35FN4O/c1-17-2-5-22(28)12-24(17)26-13-25(19-3-4-19)27(31-30-26)29-23-10-20-15-32(16-21(20)11-23)14-18-6-8-33-9-7-18/h2,5,12-13,18-21,23H,3-4,6-11,14-16H2,1H3,(H,29,31)/t20-,21+,23?/i14D2. The van der Waals surface area contributed by atoms with Crippen LogP contribution >= 0.6 is 0 Å². The summed E-state index contributed by atoms with van der Waals surface area (Å²) in [5, 5.41) is 12.8. The maximum Gasteiger partial charge on any atom is 0.152 e. The lowest BCUT2D eigenvalue weighted by Crippen LogP contribution is -2.32. The van der Waals surface area contributed by atoms with Crippen molar-refractivity contribution < 1.29 is 11.9 Å². The quantitative estimate of drug-likeness (QED) is 0.667. The summed E-state index contributed by atoms with van der Waals surface area (Å²) in [5.74, 6) is 2.24. The van der Waals surface area contributed by atoms with Crippen molar-refractivity contribution in [3.8, 4) is 11.3 Å². The molecule has 2 saturated carbocycles. The van der Waals surface area contributed by atoms with Crippen molar-refractivity contribution in [1.29, 1.82) is 0 Å². The molecule has 3 heterocycles. The molecule has 1 unspecified atom stereocenters. The number of aromatic nitrogens is 2. The fraction of sp³-hybridized carbons (Fsp3) is 0.630. The van der Waals surface area contributed by atoms with Crippen LogP contribution in [0.5, 0.6) is 0 Å². The van der Waals surface area contributed by atoms with Crippen molar-refractivity contribution in [3.63, 3.8) is 0 Å². The highest BCUT2D eigenvalue weighted by Gasteiger charge is 2.42. The van der Waals surface area contributed by atoms with Crippen molar-refractivity contribution in [2.45, 2.75) is 57.4 Å². The van der Waals surface area contributed by atoms with Gasteiger partial charge in [-0.05, 0) is 92.9 Å². The Balaban J connectivity index is 1.13. The molecule has 0 amide bonds. The van der Waals surface area contributed by atoms with Crippen molar-refractivity contribution in [2.75, 3.05) is 38.1 Å². The van der Waals surface area contributed by atoms with Crippen molar-refractivity contribution >= 4 is 5.82 Å². The van der Waals surface area contributed by atoms with E-state index in [0.717, 1.165) is 74.3 Å². The first kappa shape index (κ1) is 19.3. The van der Waals surface area contributed by atoms with Crippen LogP contribution in [-0.4, -0.2) is 53.9 Å². The summed E-state index contributed by atoms with van der Waals surface area (Å²) in [7, 11) is 0. The lowest BCUT2D eigenvalue weighted by atomic mass is 10.00. The smallest absolute Gasteiger partial charge is 0.152 e. The second kappa shape index (κ2) is 8.95. The Morgan fingerprint density at radius 2 is 1.85 bits per heavy atom. The molecular formula is C27H35FN4O. The van der Waals surface area contributed by atoms with Gasteiger partial charge in [0.05, 0.1) is 5.69 Å². The summed E-state index contributed by atoms with van der Waals surface area (Å²) in [6.45, 7) is 3.77. The third-order valence-corrected chi connectivity index (χ3v) is 7.99. The summed E-state index contributed by atoms with van der Waals surface area (Å²) in [6, 6.07) is 7.27. The number of ether oxygens (including phenoxy) is 1. The van der Waals surface area contributed by atoms with Gasteiger partial charge in [0, 0.05) is 52.7 Å². The number of rotatable bonds is 6. The van der Waals surface area contributed by atoms with Gasteiger partial charge in [0.2, 0.25) is 0 Å².